The maximum atomic E-state index is 12.3. The summed E-state index contributed by atoms with van der Waals surface area (Å²) < 4.78 is 12.3. The Kier molecular flexibility index (Phi) is 3.10. The van der Waals surface area contributed by atoms with E-state index in [1.54, 1.807) is 0 Å². The Morgan fingerprint density at radius 2 is 2.00 bits per heavy atom. The Bertz CT molecular complexity index is 271. The van der Waals surface area contributed by atoms with Gasteiger partial charge in [-0.2, -0.15) is 0 Å². The van der Waals surface area contributed by atoms with Crippen molar-refractivity contribution in [3.8, 4) is 0 Å². The molecule has 0 aliphatic rings. The average Bonchev–Trinajstić information content (AvgIpc) is 2.03. The van der Waals surface area contributed by atoms with Gasteiger partial charge in [-0.25, -0.2) is 4.39 Å². The van der Waals surface area contributed by atoms with Crippen molar-refractivity contribution in [2.24, 2.45) is 0 Å². The minimum absolute atomic E-state index is 0.106. The largest absolute Gasteiger partial charge is 0.549 e. The highest BCUT2D eigenvalue weighted by atomic mass is 32.2. The van der Waals surface area contributed by atoms with Gasteiger partial charge in [0.1, 0.15) is 5.82 Å². The molecular formula is C8H6FO2S-. The van der Waals surface area contributed by atoms with Crippen LogP contribution in [0, 0.1) is 5.82 Å². The van der Waals surface area contributed by atoms with Crippen molar-refractivity contribution >= 4 is 17.7 Å². The van der Waals surface area contributed by atoms with E-state index in [0.717, 1.165) is 16.7 Å². The quantitative estimate of drug-likeness (QED) is 0.650. The van der Waals surface area contributed by atoms with E-state index >= 15 is 0 Å². The Hall–Kier alpha value is -1.03. The van der Waals surface area contributed by atoms with Crippen molar-refractivity contribution in [1.29, 1.82) is 0 Å². The smallest absolute Gasteiger partial charge is 0.123 e. The number of benzene rings is 1. The van der Waals surface area contributed by atoms with Gasteiger partial charge in [0.05, 0.1) is 5.97 Å². The predicted octanol–water partition coefficient (Wildman–Crippen LogP) is 0.668. The molecule has 0 radical (unpaired) electrons. The fourth-order valence-corrected chi connectivity index (χ4v) is 1.29. The van der Waals surface area contributed by atoms with Crippen LogP contribution in [0.2, 0.25) is 0 Å². The highest BCUT2D eigenvalue weighted by Crippen LogP contribution is 2.16. The standard InChI is InChI=1S/C8H7FO2S/c9-6-1-3-7(4-2-6)12-5-8(10)11/h1-4H,5H2,(H,10,11)/p-1. The Labute approximate surface area is 73.4 Å². The molecule has 12 heavy (non-hydrogen) atoms. The molecule has 4 heteroatoms. The van der Waals surface area contributed by atoms with Gasteiger partial charge in [0.2, 0.25) is 0 Å². The molecule has 0 heterocycles. The van der Waals surface area contributed by atoms with Crippen molar-refractivity contribution in [1.82, 2.24) is 0 Å². The van der Waals surface area contributed by atoms with Gasteiger partial charge in [-0.1, -0.05) is 0 Å². The summed E-state index contributed by atoms with van der Waals surface area (Å²) in [6, 6.07) is 5.64. The molecule has 0 amide bonds. The van der Waals surface area contributed by atoms with Crippen LogP contribution in [0.1, 0.15) is 0 Å². The van der Waals surface area contributed by atoms with E-state index < -0.39 is 5.97 Å². The van der Waals surface area contributed by atoms with E-state index in [9.17, 15) is 14.3 Å². The molecule has 64 valence electrons. The van der Waals surface area contributed by atoms with Crippen LogP contribution in [0.15, 0.2) is 29.2 Å². The molecule has 0 aliphatic heterocycles. The van der Waals surface area contributed by atoms with E-state index in [2.05, 4.69) is 0 Å². The zero-order valence-corrected chi connectivity index (χ0v) is 6.94. The van der Waals surface area contributed by atoms with Crippen LogP contribution in [0.4, 0.5) is 4.39 Å². The SMILES string of the molecule is O=C([O-])CSc1ccc(F)cc1. The van der Waals surface area contributed by atoms with Crippen LogP contribution in [0.25, 0.3) is 0 Å². The second-order valence-electron chi connectivity index (χ2n) is 2.11. The van der Waals surface area contributed by atoms with Gasteiger partial charge in [-0.3, -0.25) is 0 Å². The number of carbonyl (C=O) groups is 1. The number of aliphatic carboxylic acids is 1. The number of thioether (sulfide) groups is 1. The van der Waals surface area contributed by atoms with Gasteiger partial charge < -0.3 is 9.90 Å². The van der Waals surface area contributed by atoms with Crippen molar-refractivity contribution in [2.45, 2.75) is 4.90 Å². The first-order chi connectivity index (χ1) is 5.68. The molecule has 2 nitrogen and oxygen atoms in total. The molecule has 0 N–H and O–H groups in total. The highest BCUT2D eigenvalue weighted by Gasteiger charge is 1.94. The number of rotatable bonds is 3. The number of hydrogen-bond donors (Lipinski definition) is 0. The minimum Gasteiger partial charge on any atom is -0.549 e. The van der Waals surface area contributed by atoms with Crippen LogP contribution in [-0.2, 0) is 4.79 Å². The van der Waals surface area contributed by atoms with Crippen LogP contribution in [0.3, 0.4) is 0 Å². The summed E-state index contributed by atoms with van der Waals surface area (Å²) in [5.41, 5.74) is 0. The Morgan fingerprint density at radius 3 is 2.50 bits per heavy atom. The van der Waals surface area contributed by atoms with Gasteiger partial charge >= 0.3 is 0 Å². The Balaban J connectivity index is 2.53. The normalized spacial score (nSPS) is 9.75. The summed E-state index contributed by atoms with van der Waals surface area (Å²) in [6.45, 7) is 0. The van der Waals surface area contributed by atoms with Crippen molar-refractivity contribution in [3.05, 3.63) is 30.1 Å². The molecule has 1 rings (SSSR count). The summed E-state index contributed by atoms with van der Waals surface area (Å²) in [5, 5.41) is 10.0. The molecule has 0 saturated heterocycles. The zero-order valence-electron chi connectivity index (χ0n) is 6.12. The van der Waals surface area contributed by atoms with E-state index in [1.807, 2.05) is 0 Å². The number of carboxylic acids is 1. The minimum atomic E-state index is -1.12. The molecule has 0 atom stereocenters. The summed E-state index contributed by atoms with van der Waals surface area (Å²) in [4.78, 5) is 10.8. The zero-order chi connectivity index (χ0) is 8.97. The lowest BCUT2D eigenvalue weighted by atomic mass is 10.4. The third kappa shape index (κ3) is 2.92. The van der Waals surface area contributed by atoms with Crippen LogP contribution >= 0.6 is 11.8 Å². The summed E-state index contributed by atoms with van der Waals surface area (Å²) in [7, 11) is 0. The Morgan fingerprint density at radius 1 is 1.42 bits per heavy atom. The molecule has 0 aliphatic carbocycles. The van der Waals surface area contributed by atoms with E-state index in [1.165, 1.54) is 24.3 Å². The first-order valence-electron chi connectivity index (χ1n) is 3.26. The fourth-order valence-electron chi connectivity index (χ4n) is 0.673. The van der Waals surface area contributed by atoms with Crippen LogP contribution in [0.5, 0.6) is 0 Å². The summed E-state index contributed by atoms with van der Waals surface area (Å²) in [5.74, 6) is -1.55. The molecule has 1 aromatic carbocycles. The van der Waals surface area contributed by atoms with Crippen molar-refractivity contribution in [3.63, 3.8) is 0 Å². The summed E-state index contributed by atoms with van der Waals surface area (Å²) in [6.07, 6.45) is 0. The number of carbonyl (C=O) groups excluding carboxylic acids is 1. The van der Waals surface area contributed by atoms with E-state index in [-0.39, 0.29) is 11.6 Å². The molecule has 0 bridgehead atoms. The molecule has 0 aromatic heterocycles. The van der Waals surface area contributed by atoms with Crippen molar-refractivity contribution < 1.29 is 14.3 Å². The molecular weight excluding hydrogens is 179 g/mol. The second-order valence-corrected chi connectivity index (χ2v) is 3.16. The van der Waals surface area contributed by atoms with E-state index in [4.69, 9.17) is 0 Å². The lowest BCUT2D eigenvalue weighted by molar-refractivity contribution is -0.301. The number of halogens is 1. The number of hydrogen-bond acceptors (Lipinski definition) is 3. The van der Waals surface area contributed by atoms with Crippen LogP contribution < -0.4 is 5.11 Å². The van der Waals surface area contributed by atoms with Gasteiger partial charge in [0, 0.05) is 10.6 Å². The van der Waals surface area contributed by atoms with Crippen LogP contribution in [-0.4, -0.2) is 11.7 Å². The molecule has 1 aromatic rings. The van der Waals surface area contributed by atoms with Gasteiger partial charge in [0.15, 0.2) is 0 Å². The van der Waals surface area contributed by atoms with Gasteiger partial charge in [0.25, 0.3) is 0 Å². The second kappa shape index (κ2) is 4.11. The number of carboxylic acid groups (broad SMARTS) is 1. The molecule has 0 spiro atoms. The molecule has 0 fully saturated rings. The third-order valence-electron chi connectivity index (χ3n) is 1.17. The topological polar surface area (TPSA) is 40.1 Å². The molecule has 0 saturated carbocycles. The maximum Gasteiger partial charge on any atom is 0.123 e. The van der Waals surface area contributed by atoms with Gasteiger partial charge in [-0.15, -0.1) is 11.8 Å². The van der Waals surface area contributed by atoms with E-state index in [0.29, 0.717) is 0 Å². The monoisotopic (exact) mass is 185 g/mol. The lowest BCUT2D eigenvalue weighted by Crippen LogP contribution is -2.24. The first kappa shape index (κ1) is 9.06. The fraction of sp³-hybridized carbons (Fsp3) is 0.125. The average molecular weight is 185 g/mol. The first-order valence-corrected chi connectivity index (χ1v) is 4.25. The highest BCUT2D eigenvalue weighted by molar-refractivity contribution is 8.00. The van der Waals surface area contributed by atoms with Gasteiger partial charge in [-0.05, 0) is 24.3 Å². The maximum absolute atomic E-state index is 12.3. The summed E-state index contributed by atoms with van der Waals surface area (Å²) >= 11 is 1.11. The lowest BCUT2D eigenvalue weighted by Gasteiger charge is -2.01. The predicted molar refractivity (Wildman–Crippen MR) is 42.1 cm³/mol. The molecule has 0 unspecified atom stereocenters. The third-order valence-corrected chi connectivity index (χ3v) is 2.16. The van der Waals surface area contributed by atoms with Crippen molar-refractivity contribution in [2.75, 3.05) is 5.75 Å².